The van der Waals surface area contributed by atoms with Crippen molar-refractivity contribution in [2.75, 3.05) is 0 Å². The number of hydrogen-bond acceptors (Lipinski definition) is 3. The summed E-state index contributed by atoms with van der Waals surface area (Å²) >= 11 is 0. The minimum Gasteiger partial charge on any atom is -0.489 e. The van der Waals surface area contributed by atoms with Gasteiger partial charge in [0.25, 0.3) is 0 Å². The fourth-order valence-electron chi connectivity index (χ4n) is 4.89. The molecule has 5 heteroatoms. The molecule has 2 unspecified atom stereocenters. The lowest BCUT2D eigenvalue weighted by atomic mass is 9.83. The number of rotatable bonds is 6. The summed E-state index contributed by atoms with van der Waals surface area (Å²) in [6.45, 7) is 0.651. The van der Waals surface area contributed by atoms with E-state index in [4.69, 9.17) is 9.47 Å². The van der Waals surface area contributed by atoms with Gasteiger partial charge in [-0.2, -0.15) is 0 Å². The molecule has 2 atom stereocenters. The zero-order valence-electron chi connectivity index (χ0n) is 19.0. The monoisotopic (exact) mass is 457 g/mol. The van der Waals surface area contributed by atoms with Crippen molar-refractivity contribution in [2.24, 2.45) is 0 Å². The van der Waals surface area contributed by atoms with E-state index >= 15 is 4.39 Å². The molecule has 2 aliphatic heterocycles. The van der Waals surface area contributed by atoms with E-state index in [0.29, 0.717) is 24.3 Å². The molecule has 34 heavy (non-hydrogen) atoms. The molecule has 4 nitrogen and oxygen atoms in total. The first kappa shape index (κ1) is 22.2. The van der Waals surface area contributed by atoms with Gasteiger partial charge in [-0.3, -0.25) is 4.90 Å². The van der Waals surface area contributed by atoms with Gasteiger partial charge in [-0.15, -0.1) is 0 Å². The maximum Gasteiger partial charge on any atom is 0.410 e. The fraction of sp³-hybridized carbons (Fsp3) is 0.276. The number of fused-ring (bicyclic) bond motifs is 2. The van der Waals surface area contributed by atoms with Crippen LogP contribution >= 0.6 is 0 Å². The van der Waals surface area contributed by atoms with E-state index in [2.05, 4.69) is 0 Å². The van der Waals surface area contributed by atoms with Crippen LogP contribution in [0.2, 0.25) is 0 Å². The molecule has 3 aromatic rings. The molecular weight excluding hydrogens is 429 g/mol. The van der Waals surface area contributed by atoms with Crippen molar-refractivity contribution in [3.63, 3.8) is 0 Å². The average molecular weight is 458 g/mol. The molecule has 0 saturated carbocycles. The summed E-state index contributed by atoms with van der Waals surface area (Å²) in [4.78, 5) is 14.8. The molecule has 174 valence electrons. The van der Waals surface area contributed by atoms with Crippen molar-refractivity contribution in [3.05, 3.63) is 107 Å². The molecule has 3 aromatic carbocycles. The Bertz CT molecular complexity index is 1160. The minimum atomic E-state index is -0.296. The molecule has 0 N–H and O–H groups in total. The average Bonchev–Trinajstić information content (AvgIpc) is 2.86. The van der Waals surface area contributed by atoms with Gasteiger partial charge in [0.2, 0.25) is 0 Å². The van der Waals surface area contributed by atoms with Crippen LogP contribution in [0, 0.1) is 5.82 Å². The largest absolute Gasteiger partial charge is 0.489 e. The van der Waals surface area contributed by atoms with Gasteiger partial charge in [-0.25, -0.2) is 9.18 Å². The van der Waals surface area contributed by atoms with Gasteiger partial charge < -0.3 is 9.47 Å². The van der Waals surface area contributed by atoms with E-state index < -0.39 is 0 Å². The number of carbonyl (C=O) groups excluding carboxylic acids is 1. The first-order valence-corrected chi connectivity index (χ1v) is 11.8. The molecular formula is C29H28FNO3. The van der Waals surface area contributed by atoms with Crippen molar-refractivity contribution in [2.45, 2.75) is 51.0 Å². The lowest BCUT2D eigenvalue weighted by Crippen LogP contribution is -2.51. The van der Waals surface area contributed by atoms with Gasteiger partial charge in [0.15, 0.2) is 0 Å². The van der Waals surface area contributed by atoms with Crippen molar-refractivity contribution in [1.82, 2.24) is 4.90 Å². The van der Waals surface area contributed by atoms with Crippen LogP contribution in [0.4, 0.5) is 9.18 Å². The van der Waals surface area contributed by atoms with E-state index in [1.165, 1.54) is 6.07 Å². The van der Waals surface area contributed by atoms with Crippen LogP contribution in [0.3, 0.4) is 0 Å². The second-order valence-electron chi connectivity index (χ2n) is 8.91. The second-order valence-corrected chi connectivity index (χ2v) is 8.91. The summed E-state index contributed by atoms with van der Waals surface area (Å²) in [5.74, 6) is 0.211. The highest BCUT2D eigenvalue weighted by atomic mass is 19.1. The maximum atomic E-state index is 15.1. The highest BCUT2D eigenvalue weighted by Gasteiger charge is 2.38. The van der Waals surface area contributed by atoms with Crippen LogP contribution in [0.5, 0.6) is 5.75 Å². The molecule has 1 fully saturated rings. The van der Waals surface area contributed by atoms with Crippen molar-refractivity contribution in [1.29, 1.82) is 0 Å². The van der Waals surface area contributed by atoms with E-state index in [9.17, 15) is 4.79 Å². The number of benzene rings is 3. The van der Waals surface area contributed by atoms with E-state index in [-0.39, 0.29) is 30.6 Å². The van der Waals surface area contributed by atoms with Crippen LogP contribution in [0.1, 0.15) is 42.4 Å². The molecule has 1 saturated heterocycles. The highest BCUT2D eigenvalue weighted by Crippen LogP contribution is 2.38. The number of nitrogens with zero attached hydrogens (tertiary/aromatic N) is 1. The first-order valence-electron chi connectivity index (χ1n) is 11.8. The summed E-state index contributed by atoms with van der Waals surface area (Å²) in [6, 6.07) is 24.5. The zero-order valence-corrected chi connectivity index (χ0v) is 19.0. The van der Waals surface area contributed by atoms with Gasteiger partial charge in [0.1, 0.15) is 24.8 Å². The molecule has 2 bridgehead atoms. The predicted octanol–water partition coefficient (Wildman–Crippen LogP) is 6.75. The number of piperidine rings is 1. The second kappa shape index (κ2) is 10.1. The Kier molecular flexibility index (Phi) is 6.61. The molecule has 0 aliphatic carbocycles. The quantitative estimate of drug-likeness (QED) is 0.411. The molecule has 0 spiro atoms. The van der Waals surface area contributed by atoms with E-state index in [1.807, 2.05) is 77.7 Å². The summed E-state index contributed by atoms with van der Waals surface area (Å²) in [5.41, 5.74) is 3.54. The van der Waals surface area contributed by atoms with Crippen molar-refractivity contribution in [3.8, 4) is 5.75 Å². The van der Waals surface area contributed by atoms with Crippen LogP contribution in [-0.4, -0.2) is 23.1 Å². The maximum absolute atomic E-state index is 15.1. The van der Waals surface area contributed by atoms with Crippen LogP contribution in [0.25, 0.3) is 5.57 Å². The van der Waals surface area contributed by atoms with E-state index in [1.54, 1.807) is 6.07 Å². The summed E-state index contributed by atoms with van der Waals surface area (Å²) in [7, 11) is 0. The number of amides is 1. The molecule has 5 rings (SSSR count). The normalized spacial score (nSPS) is 19.3. The van der Waals surface area contributed by atoms with Gasteiger partial charge in [-0.05, 0) is 54.5 Å². The van der Waals surface area contributed by atoms with Gasteiger partial charge in [-0.1, -0.05) is 66.7 Å². The topological polar surface area (TPSA) is 38.8 Å². The Balaban J connectivity index is 1.27. The SMILES string of the molecule is O=C(OCc1ccccc1)N1C2C=C(c3ccc(OCc4ccccc4)cc3F)CC1CCC2. The van der Waals surface area contributed by atoms with Crippen molar-refractivity contribution >= 4 is 11.7 Å². The highest BCUT2D eigenvalue weighted by molar-refractivity contribution is 5.75. The smallest absolute Gasteiger partial charge is 0.410 e. The predicted molar refractivity (Wildman–Crippen MR) is 130 cm³/mol. The minimum absolute atomic E-state index is 0.0235. The zero-order chi connectivity index (χ0) is 23.3. The lowest BCUT2D eigenvalue weighted by molar-refractivity contribution is 0.0510. The fourth-order valence-corrected chi connectivity index (χ4v) is 4.89. The van der Waals surface area contributed by atoms with Crippen LogP contribution in [0.15, 0.2) is 84.9 Å². The van der Waals surface area contributed by atoms with Gasteiger partial charge in [0, 0.05) is 17.7 Å². The third-order valence-electron chi connectivity index (χ3n) is 6.59. The Morgan fingerprint density at radius 2 is 1.62 bits per heavy atom. The van der Waals surface area contributed by atoms with Crippen molar-refractivity contribution < 1.29 is 18.7 Å². The Hall–Kier alpha value is -3.60. The molecule has 1 amide bonds. The number of ether oxygens (including phenoxy) is 2. The Morgan fingerprint density at radius 3 is 2.29 bits per heavy atom. The van der Waals surface area contributed by atoms with E-state index in [0.717, 1.165) is 36.0 Å². The summed E-state index contributed by atoms with van der Waals surface area (Å²) < 4.78 is 26.5. The summed E-state index contributed by atoms with van der Waals surface area (Å²) in [5, 5.41) is 0. The van der Waals surface area contributed by atoms with Gasteiger partial charge >= 0.3 is 6.09 Å². The van der Waals surface area contributed by atoms with Crippen LogP contribution < -0.4 is 4.74 Å². The Morgan fingerprint density at radius 1 is 0.912 bits per heavy atom. The number of carbonyl (C=O) groups is 1. The van der Waals surface area contributed by atoms with Crippen LogP contribution in [-0.2, 0) is 18.0 Å². The first-order chi connectivity index (χ1) is 16.7. The third-order valence-corrected chi connectivity index (χ3v) is 6.59. The molecule has 2 heterocycles. The lowest BCUT2D eigenvalue weighted by Gasteiger charge is -2.44. The molecule has 0 radical (unpaired) electrons. The number of halogens is 1. The van der Waals surface area contributed by atoms with Gasteiger partial charge in [0.05, 0.1) is 6.04 Å². The summed E-state index contributed by atoms with van der Waals surface area (Å²) in [6.07, 6.45) is 5.18. The third kappa shape index (κ3) is 4.98. The molecule has 0 aromatic heterocycles. The number of hydrogen-bond donors (Lipinski definition) is 0. The molecule has 2 aliphatic rings. The Labute approximate surface area is 199 Å². The standard InChI is InChI=1S/C29H28FNO3/c30-28-18-26(33-19-21-8-3-1-4-9-21)14-15-27(28)23-16-24-12-7-13-25(17-23)31(24)29(32)34-20-22-10-5-2-6-11-22/h1-6,8-11,14-16,18,24-25H,7,12-13,17,19-20H2.